The Morgan fingerprint density at radius 3 is 2.67 bits per heavy atom. The first-order chi connectivity index (χ1) is 14.7. The van der Waals surface area contributed by atoms with Gasteiger partial charge in [-0.1, -0.05) is 30.3 Å². The monoisotopic (exact) mass is 420 g/mol. The maximum Gasteiger partial charge on any atom is 0.233 e. The lowest BCUT2D eigenvalue weighted by Crippen LogP contribution is -2.31. The van der Waals surface area contributed by atoms with E-state index in [4.69, 9.17) is 9.47 Å². The van der Waals surface area contributed by atoms with Crippen molar-refractivity contribution in [2.24, 2.45) is 0 Å². The van der Waals surface area contributed by atoms with Gasteiger partial charge in [0.25, 0.3) is 0 Å². The average Bonchev–Trinajstić information content (AvgIpc) is 2.79. The molecule has 1 amide bonds. The Bertz CT molecular complexity index is 1010. The smallest absolute Gasteiger partial charge is 0.233 e. The second-order valence-electron chi connectivity index (χ2n) is 7.13. The topological polar surface area (TPSA) is 51.7 Å². The quantitative estimate of drug-likeness (QED) is 0.528. The maximum atomic E-state index is 13.2. The summed E-state index contributed by atoms with van der Waals surface area (Å²) in [7, 11) is 0. The van der Waals surface area contributed by atoms with Crippen molar-refractivity contribution in [1.82, 2.24) is 9.88 Å². The summed E-state index contributed by atoms with van der Waals surface area (Å²) in [6.45, 7) is 4.30. The van der Waals surface area contributed by atoms with E-state index in [1.54, 1.807) is 6.20 Å². The van der Waals surface area contributed by atoms with Gasteiger partial charge in [0.15, 0.2) is 11.5 Å². The second kappa shape index (κ2) is 9.67. The van der Waals surface area contributed by atoms with Crippen LogP contribution in [0, 0.1) is 6.92 Å². The SMILES string of the molecule is Cc1ccccc1CN(Cc1cccnc1)C(=O)CSc1ccc2c(c1)OCCO2. The largest absolute Gasteiger partial charge is 0.486 e. The minimum atomic E-state index is 0.0852. The first-order valence-electron chi connectivity index (χ1n) is 9.93. The second-order valence-corrected chi connectivity index (χ2v) is 8.18. The summed E-state index contributed by atoms with van der Waals surface area (Å²) in [6, 6.07) is 17.9. The number of hydrogen-bond donors (Lipinski definition) is 0. The van der Waals surface area contributed by atoms with E-state index >= 15 is 0 Å². The number of carbonyl (C=O) groups is 1. The number of aromatic nitrogens is 1. The number of aryl methyl sites for hydroxylation is 1. The molecule has 0 saturated heterocycles. The van der Waals surface area contributed by atoms with E-state index in [1.807, 2.05) is 53.6 Å². The minimum absolute atomic E-state index is 0.0852. The number of thioether (sulfide) groups is 1. The number of amides is 1. The van der Waals surface area contributed by atoms with E-state index in [0.29, 0.717) is 32.1 Å². The van der Waals surface area contributed by atoms with E-state index in [1.165, 1.54) is 17.3 Å². The Labute approximate surface area is 181 Å². The van der Waals surface area contributed by atoms with Crippen molar-refractivity contribution in [1.29, 1.82) is 0 Å². The Hall–Kier alpha value is -2.99. The zero-order valence-corrected chi connectivity index (χ0v) is 17.7. The van der Waals surface area contributed by atoms with Gasteiger partial charge in [-0.25, -0.2) is 0 Å². The molecule has 1 aliphatic rings. The number of rotatable bonds is 7. The number of ether oxygens (including phenoxy) is 2. The maximum absolute atomic E-state index is 13.2. The fraction of sp³-hybridized carbons (Fsp3) is 0.250. The molecule has 0 unspecified atom stereocenters. The first kappa shape index (κ1) is 20.3. The molecule has 4 rings (SSSR count). The van der Waals surface area contributed by atoms with Crippen molar-refractivity contribution in [3.63, 3.8) is 0 Å². The Morgan fingerprint density at radius 1 is 1.03 bits per heavy atom. The van der Waals surface area contributed by atoms with Gasteiger partial charge in [0, 0.05) is 30.4 Å². The molecule has 0 fully saturated rings. The molecule has 2 heterocycles. The first-order valence-corrected chi connectivity index (χ1v) is 10.9. The molecular weight excluding hydrogens is 396 g/mol. The number of hydrogen-bond acceptors (Lipinski definition) is 5. The normalized spacial score (nSPS) is 12.4. The van der Waals surface area contributed by atoms with Gasteiger partial charge >= 0.3 is 0 Å². The zero-order valence-electron chi connectivity index (χ0n) is 16.9. The van der Waals surface area contributed by atoms with E-state index in [2.05, 4.69) is 24.0 Å². The van der Waals surface area contributed by atoms with Gasteiger partial charge in [-0.05, 0) is 47.9 Å². The van der Waals surface area contributed by atoms with Crippen molar-refractivity contribution in [3.05, 3.63) is 83.7 Å². The molecule has 5 nitrogen and oxygen atoms in total. The van der Waals surface area contributed by atoms with Crippen LogP contribution >= 0.6 is 11.8 Å². The van der Waals surface area contributed by atoms with Crippen molar-refractivity contribution in [2.45, 2.75) is 24.9 Å². The van der Waals surface area contributed by atoms with E-state index in [9.17, 15) is 4.79 Å². The van der Waals surface area contributed by atoms with Crippen LogP contribution in [-0.4, -0.2) is 34.8 Å². The lowest BCUT2D eigenvalue weighted by Gasteiger charge is -2.24. The number of nitrogens with zero attached hydrogens (tertiary/aromatic N) is 2. The third-order valence-electron chi connectivity index (χ3n) is 4.95. The van der Waals surface area contributed by atoms with Crippen LogP contribution in [0.2, 0.25) is 0 Å². The highest BCUT2D eigenvalue weighted by atomic mass is 32.2. The molecule has 0 atom stereocenters. The molecule has 1 aliphatic heterocycles. The zero-order chi connectivity index (χ0) is 20.8. The third-order valence-corrected chi connectivity index (χ3v) is 5.93. The van der Waals surface area contributed by atoms with Crippen molar-refractivity contribution in [2.75, 3.05) is 19.0 Å². The number of benzene rings is 2. The van der Waals surface area contributed by atoms with Crippen LogP contribution < -0.4 is 9.47 Å². The number of pyridine rings is 1. The lowest BCUT2D eigenvalue weighted by molar-refractivity contribution is -0.129. The number of fused-ring (bicyclic) bond motifs is 1. The van der Waals surface area contributed by atoms with Crippen LogP contribution in [0.3, 0.4) is 0 Å². The summed E-state index contributed by atoms with van der Waals surface area (Å²) >= 11 is 1.51. The fourth-order valence-electron chi connectivity index (χ4n) is 3.29. The van der Waals surface area contributed by atoms with Crippen LogP contribution in [0.15, 0.2) is 71.9 Å². The van der Waals surface area contributed by atoms with Crippen molar-refractivity contribution in [3.8, 4) is 11.5 Å². The van der Waals surface area contributed by atoms with Gasteiger partial charge < -0.3 is 14.4 Å². The molecule has 3 aromatic rings. The summed E-state index contributed by atoms with van der Waals surface area (Å²) in [5.74, 6) is 1.94. The van der Waals surface area contributed by atoms with Crippen LogP contribution in [0.5, 0.6) is 11.5 Å². The highest BCUT2D eigenvalue weighted by Crippen LogP contribution is 2.34. The molecule has 2 aromatic carbocycles. The Balaban J connectivity index is 1.46. The molecule has 0 N–H and O–H groups in total. The van der Waals surface area contributed by atoms with Crippen molar-refractivity contribution >= 4 is 17.7 Å². The lowest BCUT2D eigenvalue weighted by atomic mass is 10.1. The molecule has 0 saturated carbocycles. The summed E-state index contributed by atoms with van der Waals surface area (Å²) in [5.41, 5.74) is 3.35. The van der Waals surface area contributed by atoms with Crippen LogP contribution in [0.25, 0.3) is 0 Å². The van der Waals surface area contributed by atoms with Crippen LogP contribution in [0.4, 0.5) is 0 Å². The molecule has 30 heavy (non-hydrogen) atoms. The highest BCUT2D eigenvalue weighted by molar-refractivity contribution is 8.00. The predicted octanol–water partition coefficient (Wildman–Crippen LogP) is 4.48. The van der Waals surface area contributed by atoms with E-state index in [0.717, 1.165) is 27.5 Å². The van der Waals surface area contributed by atoms with E-state index < -0.39 is 0 Å². The summed E-state index contributed by atoms with van der Waals surface area (Å²) in [6.07, 6.45) is 3.56. The molecule has 1 aromatic heterocycles. The highest BCUT2D eigenvalue weighted by Gasteiger charge is 2.17. The summed E-state index contributed by atoms with van der Waals surface area (Å²) in [5, 5.41) is 0. The van der Waals surface area contributed by atoms with Gasteiger partial charge in [0.05, 0.1) is 5.75 Å². The molecule has 154 valence electrons. The molecule has 0 bridgehead atoms. The molecule has 0 aliphatic carbocycles. The van der Waals surface area contributed by atoms with Gasteiger partial charge in [0.1, 0.15) is 13.2 Å². The summed E-state index contributed by atoms with van der Waals surface area (Å²) < 4.78 is 11.2. The fourth-order valence-corrected chi connectivity index (χ4v) is 4.11. The standard InChI is InChI=1S/C24H24N2O3S/c1-18-5-2-3-7-20(18)16-26(15-19-6-4-10-25-14-19)24(27)17-30-21-8-9-22-23(13-21)29-12-11-28-22/h2-10,13-14H,11-12,15-17H2,1H3. The van der Waals surface area contributed by atoms with Crippen LogP contribution in [-0.2, 0) is 17.9 Å². The van der Waals surface area contributed by atoms with Gasteiger partial charge in [0.2, 0.25) is 5.91 Å². The third kappa shape index (κ3) is 5.13. The van der Waals surface area contributed by atoms with Crippen molar-refractivity contribution < 1.29 is 14.3 Å². The minimum Gasteiger partial charge on any atom is -0.486 e. The summed E-state index contributed by atoms with van der Waals surface area (Å²) in [4.78, 5) is 20.2. The number of carbonyl (C=O) groups excluding carboxylic acids is 1. The van der Waals surface area contributed by atoms with Gasteiger partial charge in [-0.15, -0.1) is 11.8 Å². The van der Waals surface area contributed by atoms with Gasteiger partial charge in [-0.3, -0.25) is 9.78 Å². The predicted molar refractivity (Wildman–Crippen MR) is 118 cm³/mol. The molecule has 6 heteroatoms. The Kier molecular flexibility index (Phi) is 6.54. The van der Waals surface area contributed by atoms with Gasteiger partial charge in [-0.2, -0.15) is 0 Å². The average molecular weight is 421 g/mol. The molecule has 0 spiro atoms. The molecule has 0 radical (unpaired) electrons. The van der Waals surface area contributed by atoms with E-state index in [-0.39, 0.29) is 5.91 Å². The molecular formula is C24H24N2O3S. The van der Waals surface area contributed by atoms with Crippen LogP contribution in [0.1, 0.15) is 16.7 Å². The Morgan fingerprint density at radius 2 is 1.87 bits per heavy atom.